The second-order valence-electron chi connectivity index (χ2n) is 11.0. The Morgan fingerprint density at radius 3 is 2.40 bits per heavy atom. The molecule has 0 spiro atoms. The van der Waals surface area contributed by atoms with Gasteiger partial charge in [0.2, 0.25) is 0 Å². The van der Waals surface area contributed by atoms with Gasteiger partial charge in [0, 0.05) is 28.8 Å². The average Bonchev–Trinajstić information content (AvgIpc) is 2.78. The summed E-state index contributed by atoms with van der Waals surface area (Å²) in [7, 11) is 0. The van der Waals surface area contributed by atoms with Crippen LogP contribution in [0.5, 0.6) is 5.75 Å². The molecule has 0 bridgehead atoms. The maximum absolute atomic E-state index is 13.1. The van der Waals surface area contributed by atoms with Crippen LogP contribution in [-0.2, 0) is 5.41 Å². The van der Waals surface area contributed by atoms with Gasteiger partial charge in [0.05, 0.1) is 6.04 Å². The molecule has 3 aromatic rings. The number of rotatable bonds is 4. The number of ketones is 1. The standard InChI is InChI=1S/C30H34N2O2S/c1-19-10-15-26-24(16-19)25(18-30(5,6)34-26)32-28(35)31-23-9-7-8-21(17-23)27(33)20-11-13-22(14-12-20)29(2,3)4/h7-17,25H,18H2,1-6H3,(H2,31,32,35). The highest BCUT2D eigenvalue weighted by molar-refractivity contribution is 7.80. The molecular formula is C30H34N2O2S. The fourth-order valence-electron chi connectivity index (χ4n) is 4.45. The van der Waals surface area contributed by atoms with Crippen LogP contribution in [0.25, 0.3) is 0 Å². The second kappa shape index (κ2) is 9.46. The van der Waals surface area contributed by atoms with Gasteiger partial charge in [-0.25, -0.2) is 0 Å². The van der Waals surface area contributed by atoms with Gasteiger partial charge in [0.25, 0.3) is 0 Å². The number of thiocarbonyl (C=S) groups is 1. The lowest BCUT2D eigenvalue weighted by Gasteiger charge is -2.38. The van der Waals surface area contributed by atoms with E-state index in [0.717, 1.165) is 23.4 Å². The predicted molar refractivity (Wildman–Crippen MR) is 148 cm³/mol. The SMILES string of the molecule is Cc1ccc2c(c1)C(NC(=S)Nc1cccc(C(=O)c3ccc(C(C)(C)C)cc3)c1)CC(C)(C)O2. The third kappa shape index (κ3) is 5.91. The summed E-state index contributed by atoms with van der Waals surface area (Å²) in [5, 5.41) is 7.24. The average molecular weight is 487 g/mol. The first-order chi connectivity index (χ1) is 16.4. The third-order valence-electron chi connectivity index (χ3n) is 6.32. The van der Waals surface area contributed by atoms with E-state index in [9.17, 15) is 4.79 Å². The van der Waals surface area contributed by atoms with Gasteiger partial charge in [0.15, 0.2) is 10.9 Å². The molecule has 2 N–H and O–H groups in total. The molecule has 1 heterocycles. The maximum atomic E-state index is 13.1. The Hall–Kier alpha value is -3.18. The summed E-state index contributed by atoms with van der Waals surface area (Å²) in [5.74, 6) is 0.876. The van der Waals surface area contributed by atoms with E-state index >= 15 is 0 Å². The van der Waals surface area contributed by atoms with Crippen molar-refractivity contribution >= 4 is 28.8 Å². The molecule has 1 aliphatic heterocycles. The first-order valence-corrected chi connectivity index (χ1v) is 12.4. The number of hydrogen-bond donors (Lipinski definition) is 2. The molecule has 0 aromatic heterocycles. The molecule has 0 saturated carbocycles. The summed E-state index contributed by atoms with van der Waals surface area (Å²) >= 11 is 5.66. The number of carbonyl (C=O) groups is 1. The Labute approximate surface area is 214 Å². The quantitative estimate of drug-likeness (QED) is 0.304. The Morgan fingerprint density at radius 1 is 1.00 bits per heavy atom. The molecule has 4 nitrogen and oxygen atoms in total. The number of nitrogens with one attached hydrogen (secondary N) is 2. The molecule has 3 aromatic carbocycles. The summed E-state index contributed by atoms with van der Waals surface area (Å²) in [6, 6.07) is 21.6. The molecule has 4 rings (SSSR count). The van der Waals surface area contributed by atoms with Crippen LogP contribution < -0.4 is 15.4 Å². The fourth-order valence-corrected chi connectivity index (χ4v) is 4.71. The van der Waals surface area contributed by atoms with Crippen molar-refractivity contribution in [3.63, 3.8) is 0 Å². The van der Waals surface area contributed by atoms with Crippen LogP contribution >= 0.6 is 12.2 Å². The van der Waals surface area contributed by atoms with Gasteiger partial charge in [-0.1, -0.05) is 74.9 Å². The first-order valence-electron chi connectivity index (χ1n) is 12.0. The highest BCUT2D eigenvalue weighted by Gasteiger charge is 2.34. The van der Waals surface area contributed by atoms with Crippen molar-refractivity contribution in [1.29, 1.82) is 0 Å². The van der Waals surface area contributed by atoms with E-state index in [4.69, 9.17) is 17.0 Å². The number of carbonyl (C=O) groups excluding carboxylic acids is 1. The summed E-state index contributed by atoms with van der Waals surface area (Å²) in [4.78, 5) is 13.1. The van der Waals surface area contributed by atoms with Gasteiger partial charge in [-0.15, -0.1) is 0 Å². The van der Waals surface area contributed by atoms with Crippen molar-refractivity contribution in [2.45, 2.75) is 65.0 Å². The van der Waals surface area contributed by atoms with Gasteiger partial charge in [-0.05, 0) is 62.2 Å². The molecule has 5 heteroatoms. The first kappa shape index (κ1) is 24.9. The van der Waals surface area contributed by atoms with E-state index < -0.39 is 0 Å². The zero-order valence-corrected chi connectivity index (χ0v) is 22.2. The van der Waals surface area contributed by atoms with E-state index in [2.05, 4.69) is 64.3 Å². The minimum absolute atomic E-state index is 0.0106. The van der Waals surface area contributed by atoms with Gasteiger partial charge in [-0.3, -0.25) is 4.79 Å². The van der Waals surface area contributed by atoms with Gasteiger partial charge in [0.1, 0.15) is 11.4 Å². The van der Waals surface area contributed by atoms with Crippen molar-refractivity contribution in [3.05, 3.63) is 94.5 Å². The Bertz CT molecular complexity index is 1260. The molecule has 0 radical (unpaired) electrons. The van der Waals surface area contributed by atoms with Crippen LogP contribution in [0.4, 0.5) is 5.69 Å². The Kier molecular flexibility index (Phi) is 6.74. The van der Waals surface area contributed by atoms with Gasteiger partial charge >= 0.3 is 0 Å². The molecule has 0 aliphatic carbocycles. The zero-order chi connectivity index (χ0) is 25.4. The predicted octanol–water partition coefficient (Wildman–Crippen LogP) is 7.11. The van der Waals surface area contributed by atoms with Crippen LogP contribution in [0.3, 0.4) is 0 Å². The van der Waals surface area contributed by atoms with Crippen LogP contribution in [0, 0.1) is 6.92 Å². The van der Waals surface area contributed by atoms with E-state index in [-0.39, 0.29) is 22.8 Å². The minimum Gasteiger partial charge on any atom is -0.487 e. The highest BCUT2D eigenvalue weighted by atomic mass is 32.1. The summed E-state index contributed by atoms with van der Waals surface area (Å²) in [5.41, 5.74) is 5.30. The smallest absolute Gasteiger partial charge is 0.193 e. The Morgan fingerprint density at radius 2 is 1.71 bits per heavy atom. The van der Waals surface area contributed by atoms with Gasteiger partial charge in [-0.2, -0.15) is 0 Å². The lowest BCUT2D eigenvalue weighted by molar-refractivity contribution is 0.0696. The van der Waals surface area contributed by atoms with E-state index in [1.807, 2.05) is 54.6 Å². The largest absolute Gasteiger partial charge is 0.487 e. The lowest BCUT2D eigenvalue weighted by atomic mass is 9.86. The monoisotopic (exact) mass is 486 g/mol. The number of ether oxygens (including phenoxy) is 1. The topological polar surface area (TPSA) is 50.4 Å². The number of hydrogen-bond acceptors (Lipinski definition) is 3. The molecule has 35 heavy (non-hydrogen) atoms. The molecular weight excluding hydrogens is 452 g/mol. The van der Waals surface area contributed by atoms with Crippen molar-refractivity contribution < 1.29 is 9.53 Å². The summed E-state index contributed by atoms with van der Waals surface area (Å²) in [6.07, 6.45) is 0.786. The maximum Gasteiger partial charge on any atom is 0.193 e. The summed E-state index contributed by atoms with van der Waals surface area (Å²) in [6.45, 7) is 12.7. The number of fused-ring (bicyclic) bond motifs is 1. The van der Waals surface area contributed by atoms with Crippen LogP contribution in [0.1, 0.15) is 79.7 Å². The fraction of sp³-hybridized carbons (Fsp3) is 0.333. The zero-order valence-electron chi connectivity index (χ0n) is 21.4. The number of aryl methyl sites for hydroxylation is 1. The van der Waals surface area contributed by atoms with Crippen molar-refractivity contribution in [3.8, 4) is 5.75 Å². The summed E-state index contributed by atoms with van der Waals surface area (Å²) < 4.78 is 6.17. The molecule has 1 atom stereocenters. The van der Waals surface area contributed by atoms with Crippen molar-refractivity contribution in [2.75, 3.05) is 5.32 Å². The van der Waals surface area contributed by atoms with Gasteiger partial charge < -0.3 is 15.4 Å². The number of anilines is 1. The number of benzene rings is 3. The molecule has 182 valence electrons. The Balaban J connectivity index is 1.48. The van der Waals surface area contributed by atoms with Crippen molar-refractivity contribution in [1.82, 2.24) is 5.32 Å². The second-order valence-corrected chi connectivity index (χ2v) is 11.4. The van der Waals surface area contributed by atoms with Crippen molar-refractivity contribution in [2.24, 2.45) is 0 Å². The third-order valence-corrected chi connectivity index (χ3v) is 6.54. The minimum atomic E-state index is -0.301. The van der Waals surface area contributed by atoms with Crippen LogP contribution in [0.15, 0.2) is 66.7 Å². The molecule has 1 unspecified atom stereocenters. The van der Waals surface area contributed by atoms with Crippen LogP contribution in [-0.4, -0.2) is 16.5 Å². The lowest BCUT2D eigenvalue weighted by Crippen LogP contribution is -2.42. The molecule has 0 fully saturated rings. The van der Waals surface area contributed by atoms with E-state index in [1.54, 1.807) is 0 Å². The van der Waals surface area contributed by atoms with Crippen LogP contribution in [0.2, 0.25) is 0 Å². The van der Waals surface area contributed by atoms with E-state index in [1.165, 1.54) is 11.1 Å². The molecule has 0 amide bonds. The highest BCUT2D eigenvalue weighted by Crippen LogP contribution is 2.40. The van der Waals surface area contributed by atoms with E-state index in [0.29, 0.717) is 16.2 Å². The molecule has 0 saturated heterocycles. The molecule has 1 aliphatic rings. The normalized spacial score (nSPS) is 16.6.